The number of aromatic nitrogens is 2. The number of hydrogen-bond donors (Lipinski definition) is 2. The van der Waals surface area contributed by atoms with Crippen LogP contribution in [0, 0.1) is 6.92 Å². The van der Waals surface area contributed by atoms with Crippen molar-refractivity contribution in [2.24, 2.45) is 9.98 Å². The molecule has 0 aliphatic carbocycles. The molecule has 0 saturated heterocycles. The lowest BCUT2D eigenvalue weighted by molar-refractivity contribution is -0.122. The van der Waals surface area contributed by atoms with Crippen molar-refractivity contribution in [2.75, 3.05) is 33.5 Å². The molecule has 6 aromatic rings. The quantitative estimate of drug-likeness (QED) is 0.104. The minimum absolute atomic E-state index is 0.0306. The van der Waals surface area contributed by atoms with Crippen LogP contribution in [0.1, 0.15) is 110 Å². The summed E-state index contributed by atoms with van der Waals surface area (Å²) in [4.78, 5) is 57.3. The van der Waals surface area contributed by atoms with Crippen LogP contribution in [0.5, 0.6) is 11.5 Å². The van der Waals surface area contributed by atoms with E-state index in [-0.39, 0.29) is 45.7 Å². The zero-order valence-electron chi connectivity index (χ0n) is 43.2. The highest BCUT2D eigenvalue weighted by Gasteiger charge is 2.55. The molecule has 13 nitrogen and oxygen atoms in total. The van der Waals surface area contributed by atoms with Crippen LogP contribution < -0.4 is 29.9 Å². The first kappa shape index (κ1) is 51.1. The number of fused-ring (bicyclic) bond motifs is 1. The second-order valence-corrected chi connectivity index (χ2v) is 20.1. The minimum atomic E-state index is -2.07. The van der Waals surface area contributed by atoms with Crippen LogP contribution in [-0.4, -0.2) is 64.2 Å². The zero-order valence-corrected chi connectivity index (χ0v) is 43.9. The van der Waals surface area contributed by atoms with Gasteiger partial charge >= 0.3 is 5.85 Å². The number of aryl methyl sites for hydroxylation is 1. The Morgan fingerprint density at radius 2 is 1.54 bits per heavy atom. The topological polar surface area (TPSA) is 143 Å². The fraction of sp³-hybridized carbons (Fsp3) is 0.345. The van der Waals surface area contributed by atoms with E-state index in [4.69, 9.17) is 36.2 Å². The monoisotopic (exact) mass is 988 g/mol. The number of benzene rings is 5. The van der Waals surface area contributed by atoms with Crippen molar-refractivity contribution >= 4 is 63.9 Å². The number of nitrogens with zero attached hydrogens (tertiary/aromatic N) is 6. The van der Waals surface area contributed by atoms with Gasteiger partial charge in [0.15, 0.2) is 11.9 Å². The molecule has 8 rings (SSSR count). The number of carbonyl (C=O) groups is 3. The van der Waals surface area contributed by atoms with E-state index in [9.17, 15) is 9.59 Å². The Balaban J connectivity index is 1.32. The third-order valence-electron chi connectivity index (χ3n) is 14.2. The van der Waals surface area contributed by atoms with E-state index in [1.54, 1.807) is 36.1 Å². The van der Waals surface area contributed by atoms with Crippen molar-refractivity contribution in [1.29, 1.82) is 0 Å². The highest BCUT2D eigenvalue weighted by Crippen LogP contribution is 2.45. The third-order valence-corrected chi connectivity index (χ3v) is 14.5. The van der Waals surface area contributed by atoms with Crippen molar-refractivity contribution in [1.82, 2.24) is 9.78 Å². The van der Waals surface area contributed by atoms with Gasteiger partial charge in [-0.3, -0.25) is 14.4 Å². The summed E-state index contributed by atoms with van der Waals surface area (Å²) < 4.78 is 15.2. The van der Waals surface area contributed by atoms with Crippen LogP contribution in [0.4, 0.5) is 22.9 Å². The van der Waals surface area contributed by atoms with Gasteiger partial charge in [-0.25, -0.2) is 9.89 Å². The summed E-state index contributed by atoms with van der Waals surface area (Å²) in [5.41, 5.74) is 6.82. The lowest BCUT2D eigenvalue weighted by Crippen LogP contribution is -2.59. The number of carbonyl (C=O) groups excluding carboxylic acids is 3. The maximum absolute atomic E-state index is 15.4. The number of halogens is 1. The van der Waals surface area contributed by atoms with Crippen LogP contribution in [-0.2, 0) is 31.6 Å². The standard InChI is InChI=1S/C58H65ClN8O5/c1-12-56(8,9)41-29-32-48(44(35-41)57(10,11)13-2)71-37(6)54(70)61-45-27-21-20-26-43(45)52-58(63-55(62-52)67-53(60-38(7)68)50(59)51(64-67)39-23-17-16-18-24-39)66(49(69)34-40-25-19-22-28-47(40)72-58)46-31-30-42(33-36(46)5)65(14-3)15-4/h16-33,35,37H,12-15,34H2,1-11H3,(H,60,68)(H,61,70). The summed E-state index contributed by atoms with van der Waals surface area (Å²) in [7, 11) is 0. The number of hydrogen-bond acceptors (Lipinski definition) is 9. The van der Waals surface area contributed by atoms with Crippen molar-refractivity contribution in [3.05, 3.63) is 148 Å². The molecule has 72 heavy (non-hydrogen) atoms. The Morgan fingerprint density at radius 3 is 2.22 bits per heavy atom. The van der Waals surface area contributed by atoms with Gasteiger partial charge in [-0.15, -0.1) is 0 Å². The van der Waals surface area contributed by atoms with Crippen LogP contribution >= 0.6 is 11.6 Å². The Labute approximate surface area is 428 Å². The van der Waals surface area contributed by atoms with Crippen molar-refractivity contribution in [3.8, 4) is 22.8 Å². The fourth-order valence-corrected chi connectivity index (χ4v) is 9.40. The number of amides is 3. The molecule has 0 bridgehead atoms. The maximum Gasteiger partial charge on any atom is 0.337 e. The molecule has 0 saturated carbocycles. The van der Waals surface area contributed by atoms with E-state index >= 15 is 4.79 Å². The summed E-state index contributed by atoms with van der Waals surface area (Å²) in [6.45, 7) is 24.0. The Morgan fingerprint density at radius 1 is 0.861 bits per heavy atom. The molecular formula is C58H65ClN8O5. The summed E-state index contributed by atoms with van der Waals surface area (Å²) in [5.74, 6) is -2.14. The molecule has 3 heterocycles. The average Bonchev–Trinajstić information content (AvgIpc) is 3.85. The zero-order chi connectivity index (χ0) is 51.7. The molecule has 2 unspecified atom stereocenters. The summed E-state index contributed by atoms with van der Waals surface area (Å²) in [6, 6.07) is 36.1. The van der Waals surface area contributed by atoms with Crippen LogP contribution in [0.2, 0.25) is 5.02 Å². The lowest BCUT2D eigenvalue weighted by atomic mass is 9.76. The number of rotatable bonds is 15. The maximum atomic E-state index is 15.4. The number of anilines is 4. The Hall–Kier alpha value is -7.25. The van der Waals surface area contributed by atoms with E-state index in [1.807, 2.05) is 85.8 Å². The predicted molar refractivity (Wildman–Crippen MR) is 290 cm³/mol. The van der Waals surface area contributed by atoms with Gasteiger partial charge in [0, 0.05) is 48.0 Å². The highest BCUT2D eigenvalue weighted by atomic mass is 35.5. The second kappa shape index (κ2) is 20.5. The number of para-hydroxylation sites is 2. The minimum Gasteiger partial charge on any atom is -0.481 e. The Bertz CT molecular complexity index is 3100. The molecule has 3 amide bonds. The van der Waals surface area contributed by atoms with Gasteiger partial charge in [0.1, 0.15) is 27.9 Å². The molecular weight excluding hydrogens is 924 g/mol. The number of aliphatic imine (C=N–C) groups is 2. The number of nitrogens with one attached hydrogen (secondary N) is 2. The van der Waals surface area contributed by atoms with Crippen LogP contribution in [0.3, 0.4) is 0 Å². The molecule has 2 aliphatic heterocycles. The molecule has 2 N–H and O–H groups in total. The second-order valence-electron chi connectivity index (χ2n) is 19.7. The molecule has 1 spiro atoms. The normalized spacial score (nSPS) is 16.1. The van der Waals surface area contributed by atoms with Crippen molar-refractivity contribution in [2.45, 2.75) is 118 Å². The molecule has 5 aromatic carbocycles. The fourth-order valence-electron chi connectivity index (χ4n) is 9.13. The Kier molecular flexibility index (Phi) is 14.5. The first-order chi connectivity index (χ1) is 34.4. The van der Waals surface area contributed by atoms with Gasteiger partial charge in [0.25, 0.3) is 11.9 Å². The lowest BCUT2D eigenvalue weighted by Gasteiger charge is -2.38. The first-order valence-electron chi connectivity index (χ1n) is 24.8. The van der Waals surface area contributed by atoms with Crippen molar-refractivity contribution in [3.63, 3.8) is 0 Å². The van der Waals surface area contributed by atoms with Gasteiger partial charge < -0.3 is 25.0 Å². The van der Waals surface area contributed by atoms with Gasteiger partial charge in [0.05, 0.1) is 17.8 Å². The SMILES string of the molecule is CCN(CC)c1ccc(N2C(=O)Cc3ccccc3OC23N=C(n2nc(-c4ccccc4)c(Cl)c2NC(C)=O)N=C3c2ccccc2NC(=O)C(C)Oc2ccc(C(C)(C)CC)cc2C(C)(C)CC)c(C)c1. The largest absolute Gasteiger partial charge is 0.481 e. The van der Waals surface area contributed by atoms with Gasteiger partial charge in [0.2, 0.25) is 11.8 Å². The van der Waals surface area contributed by atoms with Crippen LogP contribution in [0.25, 0.3) is 11.3 Å². The molecule has 374 valence electrons. The smallest absolute Gasteiger partial charge is 0.337 e. The third kappa shape index (κ3) is 9.74. The van der Waals surface area contributed by atoms with E-state index in [0.717, 1.165) is 42.7 Å². The highest BCUT2D eigenvalue weighted by molar-refractivity contribution is 6.36. The van der Waals surface area contributed by atoms with E-state index in [2.05, 4.69) is 83.1 Å². The first-order valence-corrected chi connectivity index (χ1v) is 25.2. The molecule has 2 atom stereocenters. The van der Waals surface area contributed by atoms with Crippen LogP contribution in [0.15, 0.2) is 125 Å². The van der Waals surface area contributed by atoms with Gasteiger partial charge in [-0.05, 0) is 98.9 Å². The molecule has 0 radical (unpaired) electrons. The van der Waals surface area contributed by atoms with E-state index in [1.165, 1.54) is 17.2 Å². The summed E-state index contributed by atoms with van der Waals surface area (Å²) in [5, 5.41) is 11.1. The summed E-state index contributed by atoms with van der Waals surface area (Å²) >= 11 is 7.13. The van der Waals surface area contributed by atoms with Gasteiger partial charge in [-0.2, -0.15) is 14.8 Å². The number of ether oxygens (including phenoxy) is 2. The molecule has 0 fully saturated rings. The molecule has 1 aromatic heterocycles. The molecule has 2 aliphatic rings. The predicted octanol–water partition coefficient (Wildman–Crippen LogP) is 12.1. The molecule has 14 heteroatoms. The van der Waals surface area contributed by atoms with E-state index in [0.29, 0.717) is 45.3 Å². The van der Waals surface area contributed by atoms with E-state index < -0.39 is 23.8 Å². The van der Waals surface area contributed by atoms with Crippen molar-refractivity contribution < 1.29 is 23.9 Å². The van der Waals surface area contributed by atoms with Gasteiger partial charge in [-0.1, -0.05) is 132 Å². The summed E-state index contributed by atoms with van der Waals surface area (Å²) in [6.07, 6.45) is 0.840. The average molecular weight is 990 g/mol.